The molecule has 144 valence electrons. The monoisotopic (exact) mass is 370 g/mol. The number of nitrogens with zero attached hydrogens (tertiary/aromatic N) is 1. The lowest BCUT2D eigenvalue weighted by Crippen LogP contribution is -2.47. The number of amides is 1. The number of para-hydroxylation sites is 2. The Kier molecular flexibility index (Phi) is 6.20. The van der Waals surface area contributed by atoms with Crippen LogP contribution in [0.1, 0.15) is 57.7 Å². The van der Waals surface area contributed by atoms with Crippen molar-refractivity contribution in [3.05, 3.63) is 69.8 Å². The minimum atomic E-state index is -1.27. The van der Waals surface area contributed by atoms with E-state index in [1.54, 1.807) is 26.0 Å². The minimum Gasteiger partial charge on any atom is -0.471 e. The van der Waals surface area contributed by atoms with Crippen molar-refractivity contribution in [2.75, 3.05) is 0 Å². The van der Waals surface area contributed by atoms with Crippen LogP contribution in [-0.4, -0.2) is 16.4 Å². The second kappa shape index (κ2) is 8.20. The largest absolute Gasteiger partial charge is 0.471 e. The van der Waals surface area contributed by atoms with Crippen molar-refractivity contribution in [2.45, 2.75) is 52.2 Å². The zero-order chi connectivity index (χ0) is 20.2. The second-order valence-electron chi connectivity index (χ2n) is 7.35. The van der Waals surface area contributed by atoms with Gasteiger partial charge in [-0.2, -0.15) is 0 Å². The predicted molar refractivity (Wildman–Crippen MR) is 105 cm³/mol. The van der Waals surface area contributed by atoms with Gasteiger partial charge in [0.15, 0.2) is 11.4 Å². The third kappa shape index (κ3) is 5.06. The molecule has 0 aliphatic heterocycles. The Balaban J connectivity index is 2.10. The highest BCUT2D eigenvalue weighted by Gasteiger charge is 2.33. The Hall–Kier alpha value is -2.89. The summed E-state index contributed by atoms with van der Waals surface area (Å²) < 4.78 is 5.69. The topological polar surface area (TPSA) is 81.5 Å². The number of nitro groups is 1. The van der Waals surface area contributed by atoms with Crippen LogP contribution in [0, 0.1) is 10.1 Å². The van der Waals surface area contributed by atoms with Crippen LogP contribution in [0.5, 0.6) is 5.75 Å². The highest BCUT2D eigenvalue weighted by Crippen LogP contribution is 2.30. The molecule has 2 aromatic rings. The van der Waals surface area contributed by atoms with Crippen molar-refractivity contribution in [2.24, 2.45) is 0 Å². The molecule has 1 N–H and O–H groups in total. The van der Waals surface area contributed by atoms with Crippen molar-refractivity contribution in [1.82, 2.24) is 5.32 Å². The summed E-state index contributed by atoms with van der Waals surface area (Å²) >= 11 is 0. The van der Waals surface area contributed by atoms with Gasteiger partial charge in [-0.3, -0.25) is 14.9 Å². The molecular weight excluding hydrogens is 344 g/mol. The lowest BCUT2D eigenvalue weighted by atomic mass is 9.99. The zero-order valence-electron chi connectivity index (χ0n) is 16.4. The van der Waals surface area contributed by atoms with Gasteiger partial charge in [0.05, 0.1) is 11.0 Å². The Morgan fingerprint density at radius 2 is 1.59 bits per heavy atom. The Labute approximate surface area is 159 Å². The number of hydrogen-bond acceptors (Lipinski definition) is 4. The molecule has 0 aliphatic carbocycles. The van der Waals surface area contributed by atoms with Crippen molar-refractivity contribution in [3.8, 4) is 5.75 Å². The molecule has 0 bridgehead atoms. The molecule has 1 amide bonds. The summed E-state index contributed by atoms with van der Waals surface area (Å²) in [6.45, 7) is 9.33. The Bertz CT molecular complexity index is 813. The Morgan fingerprint density at radius 3 is 2.15 bits per heavy atom. The summed E-state index contributed by atoms with van der Waals surface area (Å²) in [5, 5.41) is 14.1. The fourth-order valence-electron chi connectivity index (χ4n) is 2.64. The second-order valence-corrected chi connectivity index (χ2v) is 7.35. The smallest absolute Gasteiger partial charge is 0.310 e. The van der Waals surface area contributed by atoms with Gasteiger partial charge < -0.3 is 10.1 Å². The van der Waals surface area contributed by atoms with Gasteiger partial charge in [0, 0.05) is 6.07 Å². The van der Waals surface area contributed by atoms with E-state index in [2.05, 4.69) is 31.3 Å². The highest BCUT2D eigenvalue weighted by atomic mass is 16.6. The summed E-state index contributed by atoms with van der Waals surface area (Å²) in [6.07, 6.45) is 0. The molecule has 0 spiro atoms. The first-order valence-electron chi connectivity index (χ1n) is 8.95. The lowest BCUT2D eigenvalue weighted by Gasteiger charge is -2.27. The maximum atomic E-state index is 12.7. The molecule has 6 heteroatoms. The third-order valence-corrected chi connectivity index (χ3v) is 4.42. The average Bonchev–Trinajstić information content (AvgIpc) is 2.61. The number of carbonyl (C=O) groups excluding carboxylic acids is 1. The molecule has 0 saturated heterocycles. The fourth-order valence-corrected chi connectivity index (χ4v) is 2.64. The van der Waals surface area contributed by atoms with Crippen LogP contribution in [0.4, 0.5) is 5.69 Å². The van der Waals surface area contributed by atoms with E-state index in [1.165, 1.54) is 17.7 Å². The van der Waals surface area contributed by atoms with E-state index in [1.807, 2.05) is 19.1 Å². The number of rotatable bonds is 7. The fraction of sp³-hybridized carbons (Fsp3) is 0.381. The number of hydrogen-bond donors (Lipinski definition) is 1. The first kappa shape index (κ1) is 20.4. The highest BCUT2D eigenvalue weighted by molar-refractivity contribution is 5.85. The van der Waals surface area contributed by atoms with Gasteiger partial charge in [0.25, 0.3) is 5.91 Å². The summed E-state index contributed by atoms with van der Waals surface area (Å²) in [6, 6.07) is 13.9. The van der Waals surface area contributed by atoms with Crippen LogP contribution in [0.3, 0.4) is 0 Å². The van der Waals surface area contributed by atoms with E-state index >= 15 is 0 Å². The molecule has 0 unspecified atom stereocenters. The van der Waals surface area contributed by atoms with Crippen molar-refractivity contribution >= 4 is 11.6 Å². The van der Waals surface area contributed by atoms with E-state index < -0.39 is 10.5 Å². The van der Waals surface area contributed by atoms with Crippen LogP contribution >= 0.6 is 0 Å². The number of nitrogens with one attached hydrogen (secondary N) is 1. The summed E-state index contributed by atoms with van der Waals surface area (Å²) in [7, 11) is 0. The van der Waals surface area contributed by atoms with Gasteiger partial charge >= 0.3 is 5.69 Å². The van der Waals surface area contributed by atoms with E-state index in [-0.39, 0.29) is 23.4 Å². The average molecular weight is 370 g/mol. The summed E-state index contributed by atoms with van der Waals surface area (Å²) in [5.41, 5.74) is 0.778. The molecule has 0 radical (unpaired) electrons. The first-order chi connectivity index (χ1) is 12.6. The van der Waals surface area contributed by atoms with Gasteiger partial charge in [-0.1, -0.05) is 50.2 Å². The van der Waals surface area contributed by atoms with Gasteiger partial charge in [0.2, 0.25) is 0 Å². The van der Waals surface area contributed by atoms with Crippen LogP contribution in [-0.2, 0) is 4.79 Å². The van der Waals surface area contributed by atoms with Gasteiger partial charge in [-0.15, -0.1) is 0 Å². The van der Waals surface area contributed by atoms with Gasteiger partial charge in [-0.05, 0) is 43.9 Å². The van der Waals surface area contributed by atoms with E-state index in [0.29, 0.717) is 5.92 Å². The normalized spacial score (nSPS) is 12.5. The molecule has 6 nitrogen and oxygen atoms in total. The van der Waals surface area contributed by atoms with Crippen LogP contribution < -0.4 is 10.1 Å². The molecule has 27 heavy (non-hydrogen) atoms. The molecule has 0 saturated carbocycles. The maximum absolute atomic E-state index is 12.7. The molecule has 2 rings (SSSR count). The lowest BCUT2D eigenvalue weighted by molar-refractivity contribution is -0.386. The zero-order valence-corrected chi connectivity index (χ0v) is 16.4. The number of benzene rings is 2. The summed E-state index contributed by atoms with van der Waals surface area (Å²) in [4.78, 5) is 23.3. The van der Waals surface area contributed by atoms with E-state index in [4.69, 9.17) is 4.74 Å². The first-order valence-corrected chi connectivity index (χ1v) is 8.95. The minimum absolute atomic E-state index is 0.0663. The number of carbonyl (C=O) groups is 1. The van der Waals surface area contributed by atoms with Crippen molar-refractivity contribution < 1.29 is 14.5 Å². The van der Waals surface area contributed by atoms with Crippen LogP contribution in [0.2, 0.25) is 0 Å². The van der Waals surface area contributed by atoms with Crippen LogP contribution in [0.15, 0.2) is 48.5 Å². The quantitative estimate of drug-likeness (QED) is 0.563. The van der Waals surface area contributed by atoms with Crippen molar-refractivity contribution in [1.29, 1.82) is 0 Å². The van der Waals surface area contributed by atoms with Gasteiger partial charge in [-0.25, -0.2) is 0 Å². The molecule has 0 aromatic heterocycles. The standard InChI is InChI=1S/C21H26N2O4/c1-14(2)16-10-12-17(13-11-16)15(3)22-20(24)21(4,5)27-19-9-7-6-8-18(19)23(25)26/h6-15H,1-5H3,(H,22,24)/t15-/m1/s1. The molecular formula is C21H26N2O4. The van der Waals surface area contributed by atoms with Gasteiger partial charge in [0.1, 0.15) is 0 Å². The predicted octanol–water partition coefficient (Wildman–Crippen LogP) is 4.75. The van der Waals surface area contributed by atoms with Crippen molar-refractivity contribution in [3.63, 3.8) is 0 Å². The number of ether oxygens (including phenoxy) is 1. The summed E-state index contributed by atoms with van der Waals surface area (Å²) in [5.74, 6) is 0.163. The molecule has 2 aromatic carbocycles. The third-order valence-electron chi connectivity index (χ3n) is 4.42. The Morgan fingerprint density at radius 1 is 1.04 bits per heavy atom. The van der Waals surface area contributed by atoms with E-state index in [9.17, 15) is 14.9 Å². The molecule has 0 aliphatic rings. The molecule has 0 fully saturated rings. The molecule has 1 atom stereocenters. The van der Waals surface area contributed by atoms with E-state index in [0.717, 1.165) is 5.56 Å². The molecule has 0 heterocycles. The SMILES string of the molecule is CC(C)c1ccc([C@@H](C)NC(=O)C(C)(C)Oc2ccccc2[N+](=O)[O-])cc1. The van der Waals surface area contributed by atoms with Crippen LogP contribution in [0.25, 0.3) is 0 Å². The number of nitro benzene ring substituents is 1. The maximum Gasteiger partial charge on any atom is 0.310 e.